The van der Waals surface area contributed by atoms with Gasteiger partial charge in [-0.3, -0.25) is 9.59 Å². The average molecular weight is 445 g/mol. The van der Waals surface area contributed by atoms with E-state index < -0.39 is 17.7 Å². The Morgan fingerprint density at radius 1 is 1.06 bits per heavy atom. The van der Waals surface area contributed by atoms with Gasteiger partial charge in [0.05, 0.1) is 16.5 Å². The number of carbonyl (C=O) groups excluding carboxylic acids is 2. The first-order chi connectivity index (χ1) is 15.5. The summed E-state index contributed by atoms with van der Waals surface area (Å²) in [7, 11) is 0. The van der Waals surface area contributed by atoms with Gasteiger partial charge in [-0.25, -0.2) is 0 Å². The minimum absolute atomic E-state index is 0.0286. The van der Waals surface area contributed by atoms with Gasteiger partial charge in [-0.05, 0) is 47.2 Å². The van der Waals surface area contributed by atoms with Crippen LogP contribution in [-0.2, 0) is 11.2 Å². The minimum Gasteiger partial charge on any atom is -0.508 e. The highest BCUT2D eigenvalue weighted by Crippen LogP contribution is 2.40. The number of Topliss-reactive ketones (excluding diaryl/α,β-unsaturated/α-hetero) is 1. The van der Waals surface area contributed by atoms with E-state index in [2.05, 4.69) is 4.98 Å². The maximum absolute atomic E-state index is 13.2. The number of hydrogen-bond donors (Lipinski definition) is 3. The molecule has 1 amide bonds. The predicted molar refractivity (Wildman–Crippen MR) is 123 cm³/mol. The second kappa shape index (κ2) is 8.01. The van der Waals surface area contributed by atoms with E-state index in [0.717, 1.165) is 16.5 Å². The van der Waals surface area contributed by atoms with Crippen LogP contribution in [0.2, 0.25) is 0 Å². The first-order valence-corrected chi connectivity index (χ1v) is 11.1. The molecule has 4 aromatic rings. The Bertz CT molecular complexity index is 1350. The summed E-state index contributed by atoms with van der Waals surface area (Å²) in [5.74, 6) is -1.47. The van der Waals surface area contributed by atoms with Gasteiger partial charge >= 0.3 is 0 Å². The number of aromatic hydroxyl groups is 1. The van der Waals surface area contributed by atoms with Crippen LogP contribution < -0.4 is 0 Å². The summed E-state index contributed by atoms with van der Waals surface area (Å²) in [6.45, 7) is 0.298. The van der Waals surface area contributed by atoms with Crippen molar-refractivity contribution in [2.75, 3.05) is 6.54 Å². The lowest BCUT2D eigenvalue weighted by Gasteiger charge is -2.27. The van der Waals surface area contributed by atoms with E-state index in [9.17, 15) is 19.8 Å². The zero-order valence-corrected chi connectivity index (χ0v) is 17.8. The zero-order chi connectivity index (χ0) is 22.2. The van der Waals surface area contributed by atoms with Gasteiger partial charge in [0.2, 0.25) is 5.78 Å². The fraction of sp³-hybridized carbons (Fsp3) is 0.120. The molecule has 1 aliphatic heterocycles. The van der Waals surface area contributed by atoms with E-state index in [-0.39, 0.29) is 17.1 Å². The van der Waals surface area contributed by atoms with Crippen LogP contribution in [0.1, 0.15) is 26.8 Å². The predicted octanol–water partition coefficient (Wildman–Crippen LogP) is 4.76. The van der Waals surface area contributed by atoms with E-state index in [0.29, 0.717) is 23.4 Å². The van der Waals surface area contributed by atoms with E-state index in [1.54, 1.807) is 29.6 Å². The van der Waals surface area contributed by atoms with Gasteiger partial charge in [-0.2, -0.15) is 0 Å². The Morgan fingerprint density at radius 2 is 1.91 bits per heavy atom. The van der Waals surface area contributed by atoms with Crippen molar-refractivity contribution in [1.82, 2.24) is 9.88 Å². The number of phenols is 1. The molecule has 0 bridgehead atoms. The van der Waals surface area contributed by atoms with Crippen molar-refractivity contribution in [3.63, 3.8) is 0 Å². The van der Waals surface area contributed by atoms with Gasteiger partial charge < -0.3 is 20.1 Å². The zero-order valence-electron chi connectivity index (χ0n) is 17.0. The first-order valence-electron chi connectivity index (χ1n) is 10.2. The Kier molecular flexibility index (Phi) is 5.03. The van der Waals surface area contributed by atoms with Crippen molar-refractivity contribution in [2.24, 2.45) is 0 Å². The summed E-state index contributed by atoms with van der Waals surface area (Å²) < 4.78 is 0. The number of aliphatic hydroxyl groups is 1. The molecule has 32 heavy (non-hydrogen) atoms. The number of H-pyrrole nitrogens is 1. The smallest absolute Gasteiger partial charge is 0.290 e. The number of thiophene rings is 1. The van der Waals surface area contributed by atoms with Crippen molar-refractivity contribution in [2.45, 2.75) is 12.5 Å². The number of aromatic nitrogens is 1. The summed E-state index contributed by atoms with van der Waals surface area (Å²) >= 11 is 1.26. The average Bonchev–Trinajstić information content (AvgIpc) is 3.52. The van der Waals surface area contributed by atoms with Gasteiger partial charge in [0, 0.05) is 23.6 Å². The maximum atomic E-state index is 13.2. The number of aliphatic hydroxyl groups excluding tert-OH is 1. The summed E-state index contributed by atoms with van der Waals surface area (Å²) in [4.78, 5) is 31.5. The number of nitrogens with one attached hydrogen (secondary N) is 1. The van der Waals surface area contributed by atoms with Crippen LogP contribution in [0, 0.1) is 0 Å². The minimum atomic E-state index is -0.783. The van der Waals surface area contributed by atoms with Crippen LogP contribution in [0.4, 0.5) is 0 Å². The molecule has 160 valence electrons. The number of aromatic amines is 1. The molecule has 0 spiro atoms. The molecule has 6 nitrogen and oxygen atoms in total. The Labute approximate surface area is 188 Å². The number of phenolic OH excluding ortho intramolecular Hbond substituents is 1. The standard InChI is InChI=1S/C25H20N2O4S/c28-17-6-3-5-15(13-17)22-21(23(29)20-9-4-12-32-20)24(30)25(31)27(22)11-10-16-14-26-19-8-2-1-7-18(16)19/h1-9,12-14,22,26,28,30H,10-11H2. The number of nitrogens with zero attached hydrogens (tertiary/aromatic N) is 1. The van der Waals surface area contributed by atoms with Crippen LogP contribution in [0.3, 0.4) is 0 Å². The molecule has 0 fully saturated rings. The lowest BCUT2D eigenvalue weighted by molar-refractivity contribution is -0.129. The van der Waals surface area contributed by atoms with Crippen molar-refractivity contribution >= 4 is 33.9 Å². The fourth-order valence-corrected chi connectivity index (χ4v) is 4.96. The van der Waals surface area contributed by atoms with E-state index in [1.165, 1.54) is 28.4 Å². The molecular weight excluding hydrogens is 424 g/mol. The molecule has 7 heteroatoms. The van der Waals surface area contributed by atoms with Gasteiger partial charge in [-0.15, -0.1) is 11.3 Å². The second-order valence-electron chi connectivity index (χ2n) is 7.67. The van der Waals surface area contributed by atoms with E-state index in [1.807, 2.05) is 30.5 Å². The molecule has 0 radical (unpaired) electrons. The fourth-order valence-electron chi connectivity index (χ4n) is 4.28. The third kappa shape index (κ3) is 3.36. The summed E-state index contributed by atoms with van der Waals surface area (Å²) in [6.07, 6.45) is 2.46. The third-order valence-electron chi connectivity index (χ3n) is 5.78. The van der Waals surface area contributed by atoms with Crippen LogP contribution in [0.25, 0.3) is 10.9 Å². The molecule has 0 aliphatic carbocycles. The number of fused-ring (bicyclic) bond motifs is 1. The third-order valence-corrected chi connectivity index (χ3v) is 6.64. The van der Waals surface area contributed by atoms with Crippen molar-refractivity contribution in [3.8, 4) is 5.75 Å². The van der Waals surface area contributed by atoms with Gasteiger partial charge in [0.25, 0.3) is 5.91 Å². The summed E-state index contributed by atoms with van der Waals surface area (Å²) in [5.41, 5.74) is 2.66. The first kappa shape index (κ1) is 20.1. The highest BCUT2D eigenvalue weighted by atomic mass is 32.1. The number of ketones is 1. The molecule has 0 saturated carbocycles. The van der Waals surface area contributed by atoms with E-state index >= 15 is 0 Å². The maximum Gasteiger partial charge on any atom is 0.290 e. The van der Waals surface area contributed by atoms with E-state index in [4.69, 9.17) is 0 Å². The number of carbonyl (C=O) groups is 2. The Hall–Kier alpha value is -3.84. The quantitative estimate of drug-likeness (QED) is 0.374. The molecule has 2 aromatic carbocycles. The molecule has 0 saturated heterocycles. The largest absolute Gasteiger partial charge is 0.508 e. The summed E-state index contributed by atoms with van der Waals surface area (Å²) in [6, 6.07) is 17.0. The molecule has 5 rings (SSSR count). The van der Waals surface area contributed by atoms with Crippen molar-refractivity contribution in [1.29, 1.82) is 0 Å². The SMILES string of the molecule is O=C(C1=C(O)C(=O)N(CCc2c[nH]c3ccccc23)C1c1cccc(O)c1)c1cccs1. The number of amides is 1. The number of rotatable bonds is 6. The Morgan fingerprint density at radius 3 is 2.69 bits per heavy atom. The normalized spacial score (nSPS) is 16.3. The number of hydrogen-bond acceptors (Lipinski definition) is 5. The van der Waals surface area contributed by atoms with Gasteiger partial charge in [0.1, 0.15) is 5.75 Å². The monoisotopic (exact) mass is 444 g/mol. The highest BCUT2D eigenvalue weighted by molar-refractivity contribution is 7.12. The lowest BCUT2D eigenvalue weighted by Crippen LogP contribution is -2.33. The molecule has 3 heterocycles. The number of para-hydroxylation sites is 1. The van der Waals surface area contributed by atoms with Crippen LogP contribution in [0.15, 0.2) is 83.6 Å². The molecule has 3 N–H and O–H groups in total. The van der Waals surface area contributed by atoms with Gasteiger partial charge in [0.15, 0.2) is 5.76 Å². The Balaban J connectivity index is 1.52. The molecular formula is C25H20N2O4S. The second-order valence-corrected chi connectivity index (χ2v) is 8.62. The topological polar surface area (TPSA) is 93.6 Å². The number of benzene rings is 2. The molecule has 1 unspecified atom stereocenters. The molecule has 1 atom stereocenters. The lowest BCUT2D eigenvalue weighted by atomic mass is 9.95. The van der Waals surface area contributed by atoms with Gasteiger partial charge in [-0.1, -0.05) is 36.4 Å². The van der Waals surface area contributed by atoms with Crippen LogP contribution in [0.5, 0.6) is 5.75 Å². The molecule has 2 aromatic heterocycles. The van der Waals surface area contributed by atoms with Crippen molar-refractivity contribution < 1.29 is 19.8 Å². The molecule has 1 aliphatic rings. The highest BCUT2D eigenvalue weighted by Gasteiger charge is 2.43. The summed E-state index contributed by atoms with van der Waals surface area (Å²) in [5, 5.41) is 23.6. The van der Waals surface area contributed by atoms with Crippen LogP contribution >= 0.6 is 11.3 Å². The van der Waals surface area contributed by atoms with Crippen molar-refractivity contribution in [3.05, 3.63) is 99.6 Å². The van der Waals surface area contributed by atoms with Crippen LogP contribution in [-0.4, -0.2) is 38.3 Å².